The molecule has 0 amide bonds. The second kappa shape index (κ2) is 6.06. The number of carbonyl (C=O) groups is 1. The molecule has 0 saturated heterocycles. The second-order valence-electron chi connectivity index (χ2n) is 5.86. The summed E-state index contributed by atoms with van der Waals surface area (Å²) < 4.78 is 6.81. The van der Waals surface area contributed by atoms with Crippen LogP contribution in [0.3, 0.4) is 0 Å². The molecule has 3 heteroatoms. The number of fused-ring (bicyclic) bond motifs is 1. The monoisotopic (exact) mass is 366 g/mol. The average molecular weight is 367 g/mol. The Morgan fingerprint density at radius 2 is 1.91 bits per heavy atom. The van der Waals surface area contributed by atoms with Gasteiger partial charge < -0.3 is 4.74 Å². The highest BCUT2D eigenvalue weighted by atomic mass is 79.9. The standard InChI is InChI=1S/C20H15BrO2/c1-20(2)11-10-15-12-16(21)13-17(19(15)23-20)18(22)9-8-14-6-4-3-5-7-14/h3-7,10-13H,1-2H3. The van der Waals surface area contributed by atoms with Gasteiger partial charge in [-0.3, -0.25) is 4.79 Å². The van der Waals surface area contributed by atoms with Crippen LogP contribution in [0.25, 0.3) is 6.08 Å². The molecule has 2 aromatic rings. The fourth-order valence-corrected chi connectivity index (χ4v) is 2.80. The molecule has 0 N–H and O–H groups in total. The molecule has 0 radical (unpaired) electrons. The van der Waals surface area contributed by atoms with E-state index in [2.05, 4.69) is 27.8 Å². The maximum absolute atomic E-state index is 12.6. The number of hydrogen-bond acceptors (Lipinski definition) is 2. The van der Waals surface area contributed by atoms with Crippen LogP contribution in [-0.2, 0) is 0 Å². The minimum atomic E-state index is -0.442. The van der Waals surface area contributed by atoms with E-state index in [1.54, 1.807) is 6.07 Å². The lowest BCUT2D eigenvalue weighted by Crippen LogP contribution is -2.28. The molecule has 114 valence electrons. The van der Waals surface area contributed by atoms with E-state index >= 15 is 0 Å². The van der Waals surface area contributed by atoms with Crippen molar-refractivity contribution in [3.05, 3.63) is 69.7 Å². The fourth-order valence-electron chi connectivity index (χ4n) is 2.33. The number of halogens is 1. The van der Waals surface area contributed by atoms with E-state index < -0.39 is 5.60 Å². The molecule has 0 saturated carbocycles. The Bertz CT molecular complexity index is 852. The summed E-state index contributed by atoms with van der Waals surface area (Å²) in [6, 6.07) is 13.1. The van der Waals surface area contributed by atoms with Crippen LogP contribution in [0.5, 0.6) is 5.75 Å². The zero-order chi connectivity index (χ0) is 16.4. The zero-order valence-electron chi connectivity index (χ0n) is 12.9. The van der Waals surface area contributed by atoms with Gasteiger partial charge >= 0.3 is 0 Å². The fraction of sp³-hybridized carbons (Fsp3) is 0.150. The van der Waals surface area contributed by atoms with Crippen molar-refractivity contribution in [1.29, 1.82) is 0 Å². The van der Waals surface area contributed by atoms with Gasteiger partial charge in [-0.25, -0.2) is 0 Å². The largest absolute Gasteiger partial charge is 0.482 e. The molecule has 0 bridgehead atoms. The summed E-state index contributed by atoms with van der Waals surface area (Å²) in [5.41, 5.74) is 1.73. The molecule has 0 unspecified atom stereocenters. The number of carbonyl (C=O) groups excluding carboxylic acids is 1. The molecular weight excluding hydrogens is 352 g/mol. The highest BCUT2D eigenvalue weighted by molar-refractivity contribution is 9.10. The third-order valence-corrected chi connectivity index (χ3v) is 3.91. The van der Waals surface area contributed by atoms with Gasteiger partial charge in [0.1, 0.15) is 11.4 Å². The van der Waals surface area contributed by atoms with Crippen molar-refractivity contribution in [2.24, 2.45) is 0 Å². The lowest BCUT2D eigenvalue weighted by Gasteiger charge is -2.29. The van der Waals surface area contributed by atoms with Crippen LogP contribution in [0, 0.1) is 11.8 Å². The van der Waals surface area contributed by atoms with Crippen molar-refractivity contribution in [2.75, 3.05) is 0 Å². The summed E-state index contributed by atoms with van der Waals surface area (Å²) in [6.45, 7) is 3.91. The smallest absolute Gasteiger partial charge is 0.240 e. The molecule has 0 spiro atoms. The van der Waals surface area contributed by atoms with E-state index in [-0.39, 0.29) is 5.78 Å². The molecular formula is C20H15BrO2. The number of hydrogen-bond donors (Lipinski definition) is 0. The third-order valence-electron chi connectivity index (χ3n) is 3.45. The van der Waals surface area contributed by atoms with Gasteiger partial charge in [-0.15, -0.1) is 0 Å². The van der Waals surface area contributed by atoms with Crippen LogP contribution in [0.1, 0.15) is 35.3 Å². The highest BCUT2D eigenvalue weighted by Gasteiger charge is 2.26. The van der Waals surface area contributed by atoms with E-state index in [1.807, 2.05) is 62.4 Å². The van der Waals surface area contributed by atoms with Crippen molar-refractivity contribution in [3.63, 3.8) is 0 Å². The number of rotatable bonds is 1. The van der Waals surface area contributed by atoms with E-state index in [4.69, 9.17) is 4.74 Å². The van der Waals surface area contributed by atoms with Gasteiger partial charge in [0.2, 0.25) is 5.78 Å². The van der Waals surface area contributed by atoms with Gasteiger partial charge in [0.05, 0.1) is 5.56 Å². The molecule has 0 aliphatic carbocycles. The van der Waals surface area contributed by atoms with Gasteiger partial charge in [0.25, 0.3) is 0 Å². The maximum Gasteiger partial charge on any atom is 0.240 e. The molecule has 1 heterocycles. The number of Topliss-reactive ketones (excluding diaryl/α,β-unsaturated/α-hetero) is 1. The van der Waals surface area contributed by atoms with Crippen LogP contribution in [0.15, 0.2) is 53.0 Å². The topological polar surface area (TPSA) is 26.3 Å². The van der Waals surface area contributed by atoms with Gasteiger partial charge in [0, 0.05) is 15.6 Å². The van der Waals surface area contributed by atoms with Crippen LogP contribution in [0.4, 0.5) is 0 Å². The Morgan fingerprint density at radius 1 is 1.17 bits per heavy atom. The van der Waals surface area contributed by atoms with Crippen molar-refractivity contribution in [2.45, 2.75) is 19.4 Å². The van der Waals surface area contributed by atoms with E-state index in [1.165, 1.54) is 0 Å². The van der Waals surface area contributed by atoms with E-state index in [9.17, 15) is 4.79 Å². The Balaban J connectivity index is 2.01. The van der Waals surface area contributed by atoms with Gasteiger partial charge in [-0.1, -0.05) is 46.1 Å². The molecule has 2 aromatic carbocycles. The SMILES string of the molecule is CC1(C)C=Cc2cc(Br)cc(C(=O)C#Cc3ccccc3)c2O1. The van der Waals surface area contributed by atoms with Crippen molar-refractivity contribution >= 4 is 27.8 Å². The van der Waals surface area contributed by atoms with Crippen LogP contribution in [-0.4, -0.2) is 11.4 Å². The molecule has 2 nitrogen and oxygen atoms in total. The first kappa shape index (κ1) is 15.6. The number of ketones is 1. The third kappa shape index (κ3) is 3.55. The quantitative estimate of drug-likeness (QED) is 0.531. The first-order chi connectivity index (χ1) is 10.9. The van der Waals surface area contributed by atoms with Crippen molar-refractivity contribution in [1.82, 2.24) is 0 Å². The first-order valence-corrected chi connectivity index (χ1v) is 8.07. The summed E-state index contributed by atoms with van der Waals surface area (Å²) >= 11 is 3.44. The summed E-state index contributed by atoms with van der Waals surface area (Å²) in [5, 5.41) is 0. The predicted octanol–water partition coefficient (Wildman–Crippen LogP) is 4.87. The summed E-state index contributed by atoms with van der Waals surface area (Å²) in [7, 11) is 0. The average Bonchev–Trinajstić information content (AvgIpc) is 2.53. The van der Waals surface area contributed by atoms with Crippen LogP contribution in [0.2, 0.25) is 0 Å². The minimum Gasteiger partial charge on any atom is -0.482 e. The second-order valence-corrected chi connectivity index (χ2v) is 6.77. The number of benzene rings is 2. The van der Waals surface area contributed by atoms with Gasteiger partial charge in [-0.05, 0) is 50.1 Å². The van der Waals surface area contributed by atoms with Crippen LogP contribution >= 0.6 is 15.9 Å². The number of ether oxygens (including phenoxy) is 1. The lowest BCUT2D eigenvalue weighted by molar-refractivity contribution is 0.104. The molecule has 23 heavy (non-hydrogen) atoms. The Morgan fingerprint density at radius 3 is 2.65 bits per heavy atom. The Kier molecular flexibility index (Phi) is 4.11. The summed E-state index contributed by atoms with van der Waals surface area (Å²) in [5.74, 6) is 5.95. The molecule has 3 rings (SSSR count). The van der Waals surface area contributed by atoms with Crippen molar-refractivity contribution < 1.29 is 9.53 Å². The lowest BCUT2D eigenvalue weighted by atomic mass is 9.98. The molecule has 0 atom stereocenters. The zero-order valence-corrected chi connectivity index (χ0v) is 14.5. The highest BCUT2D eigenvalue weighted by Crippen LogP contribution is 2.36. The van der Waals surface area contributed by atoms with E-state index in [0.717, 1.165) is 15.6 Å². The summed E-state index contributed by atoms with van der Waals surface area (Å²) in [4.78, 5) is 12.6. The predicted molar refractivity (Wildman–Crippen MR) is 95.5 cm³/mol. The molecule has 1 aliphatic heterocycles. The van der Waals surface area contributed by atoms with E-state index in [0.29, 0.717) is 11.3 Å². The summed E-state index contributed by atoms with van der Waals surface area (Å²) in [6.07, 6.45) is 3.96. The van der Waals surface area contributed by atoms with Crippen molar-refractivity contribution in [3.8, 4) is 17.6 Å². The Hall–Kier alpha value is -2.31. The maximum atomic E-state index is 12.6. The Labute approximate surface area is 144 Å². The van der Waals surface area contributed by atoms with Gasteiger partial charge in [-0.2, -0.15) is 0 Å². The van der Waals surface area contributed by atoms with Crippen LogP contribution < -0.4 is 4.74 Å². The molecule has 0 aromatic heterocycles. The molecule has 0 fully saturated rings. The first-order valence-electron chi connectivity index (χ1n) is 7.28. The molecule has 1 aliphatic rings. The van der Waals surface area contributed by atoms with Gasteiger partial charge in [0.15, 0.2) is 0 Å². The normalized spacial score (nSPS) is 14.2. The minimum absolute atomic E-state index is 0.252.